The van der Waals surface area contributed by atoms with Crippen molar-refractivity contribution in [3.63, 3.8) is 0 Å². The number of carbonyl (C=O) groups is 2. The third-order valence-corrected chi connectivity index (χ3v) is 7.01. The number of aldehydes is 1. The van der Waals surface area contributed by atoms with Gasteiger partial charge >= 0.3 is 0 Å². The van der Waals surface area contributed by atoms with E-state index in [0.29, 0.717) is 28.7 Å². The van der Waals surface area contributed by atoms with Gasteiger partial charge in [0.05, 0.1) is 5.69 Å². The SMILES string of the molecule is Cc1nc(N(C)/C=C\C(=C/C=O)CCC2=CN(C)C(Cl)C=C2)sc1C(=O)NCc1ccccc1. The quantitative estimate of drug-likeness (QED) is 0.161. The third-order valence-electron chi connectivity index (χ3n) is 5.31. The molecule has 0 spiro atoms. The Bertz CT molecular complexity index is 1120. The number of carbonyl (C=O) groups excluding carboxylic acids is 2. The maximum absolute atomic E-state index is 12.7. The zero-order valence-corrected chi connectivity index (χ0v) is 21.1. The van der Waals surface area contributed by atoms with Gasteiger partial charge in [0.1, 0.15) is 16.7 Å². The maximum Gasteiger partial charge on any atom is 0.263 e. The topological polar surface area (TPSA) is 65.5 Å². The fraction of sp³-hybridized carbons (Fsp3) is 0.269. The molecule has 0 saturated carbocycles. The Morgan fingerprint density at radius 1 is 1.32 bits per heavy atom. The molecule has 3 rings (SSSR count). The van der Waals surface area contributed by atoms with Gasteiger partial charge in [-0.3, -0.25) is 9.59 Å². The van der Waals surface area contributed by atoms with Gasteiger partial charge in [0.15, 0.2) is 5.13 Å². The van der Waals surface area contributed by atoms with Crippen LogP contribution < -0.4 is 10.2 Å². The minimum absolute atomic E-state index is 0.130. The Kier molecular flexibility index (Phi) is 9.24. The van der Waals surface area contributed by atoms with Gasteiger partial charge in [0.25, 0.3) is 5.91 Å². The molecule has 0 fully saturated rings. The van der Waals surface area contributed by atoms with Crippen molar-refractivity contribution in [3.05, 3.63) is 94.3 Å². The first kappa shape index (κ1) is 25.5. The van der Waals surface area contributed by atoms with Crippen molar-refractivity contribution < 1.29 is 9.59 Å². The summed E-state index contributed by atoms with van der Waals surface area (Å²) in [5.41, 5.74) is 3.66. The lowest BCUT2D eigenvalue weighted by Crippen LogP contribution is -2.22. The second-order valence-electron chi connectivity index (χ2n) is 7.98. The van der Waals surface area contributed by atoms with E-state index in [4.69, 9.17) is 11.6 Å². The van der Waals surface area contributed by atoms with Crippen molar-refractivity contribution in [2.24, 2.45) is 0 Å². The van der Waals surface area contributed by atoms with Crippen LogP contribution >= 0.6 is 22.9 Å². The lowest BCUT2D eigenvalue weighted by Gasteiger charge is -2.23. The number of aromatic nitrogens is 1. The Hall–Kier alpha value is -3.16. The van der Waals surface area contributed by atoms with Gasteiger partial charge in [-0.25, -0.2) is 4.98 Å². The molecule has 1 aliphatic rings. The average molecular weight is 497 g/mol. The number of allylic oxidation sites excluding steroid dienone is 5. The molecule has 0 radical (unpaired) electrons. The van der Waals surface area contributed by atoms with E-state index < -0.39 is 0 Å². The van der Waals surface area contributed by atoms with Crippen molar-refractivity contribution >= 4 is 40.3 Å². The molecule has 6 nitrogen and oxygen atoms in total. The summed E-state index contributed by atoms with van der Waals surface area (Å²) >= 11 is 7.49. The van der Waals surface area contributed by atoms with Crippen LogP contribution in [0.2, 0.25) is 0 Å². The molecule has 1 aromatic carbocycles. The van der Waals surface area contributed by atoms with Crippen LogP contribution in [0.4, 0.5) is 5.13 Å². The summed E-state index contributed by atoms with van der Waals surface area (Å²) in [7, 11) is 3.81. The van der Waals surface area contributed by atoms with E-state index in [2.05, 4.69) is 10.3 Å². The standard InChI is InChI=1S/C26H29ClN4O2S/c1-19-24(25(33)28-17-21-7-5-4-6-8-21)34-26(29-19)30(2)15-13-20(14-16-32)9-10-22-11-12-23(27)31(3)18-22/h4-8,11-16,18,23H,9-10,17H2,1-3H3,(H,28,33)/b15-13-,20-14-. The highest BCUT2D eigenvalue weighted by atomic mass is 35.5. The number of likely N-dealkylation sites (N-methyl/N-ethyl adjacent to an activating group) is 1. The van der Waals surface area contributed by atoms with Crippen LogP contribution in [0.15, 0.2) is 78.2 Å². The number of nitrogens with zero attached hydrogens (tertiary/aromatic N) is 3. The summed E-state index contributed by atoms with van der Waals surface area (Å²) in [4.78, 5) is 32.7. The number of aryl methyl sites for hydroxylation is 1. The number of halogens is 1. The van der Waals surface area contributed by atoms with Gasteiger partial charge in [-0.15, -0.1) is 0 Å². The van der Waals surface area contributed by atoms with Crippen LogP contribution in [0.5, 0.6) is 0 Å². The number of amides is 1. The van der Waals surface area contributed by atoms with Gasteiger partial charge in [0.2, 0.25) is 0 Å². The molecule has 2 aromatic rings. The molecule has 1 aromatic heterocycles. The fourth-order valence-corrected chi connectivity index (χ4v) is 4.39. The molecule has 0 saturated heterocycles. The number of hydrogen-bond acceptors (Lipinski definition) is 6. The number of alkyl halides is 1. The highest BCUT2D eigenvalue weighted by Crippen LogP contribution is 2.26. The van der Waals surface area contributed by atoms with Gasteiger partial charge < -0.3 is 15.1 Å². The third kappa shape index (κ3) is 7.17. The van der Waals surface area contributed by atoms with Crippen LogP contribution in [0.25, 0.3) is 0 Å². The van der Waals surface area contributed by atoms with E-state index in [0.717, 1.165) is 29.4 Å². The Morgan fingerprint density at radius 2 is 2.09 bits per heavy atom. The van der Waals surface area contributed by atoms with E-state index in [1.54, 1.807) is 6.08 Å². The monoisotopic (exact) mass is 496 g/mol. The van der Waals surface area contributed by atoms with Crippen LogP contribution in [0.3, 0.4) is 0 Å². The molecule has 1 aliphatic heterocycles. The first-order chi connectivity index (χ1) is 16.4. The van der Waals surface area contributed by atoms with Crippen LogP contribution in [0, 0.1) is 6.92 Å². The number of rotatable bonds is 10. The summed E-state index contributed by atoms with van der Waals surface area (Å²) in [6, 6.07) is 9.79. The van der Waals surface area contributed by atoms with E-state index in [1.807, 2.05) is 91.8 Å². The summed E-state index contributed by atoms with van der Waals surface area (Å²) < 4.78 is 0. The smallest absolute Gasteiger partial charge is 0.263 e. The van der Waals surface area contributed by atoms with Crippen molar-refractivity contribution in [2.75, 3.05) is 19.0 Å². The second-order valence-corrected chi connectivity index (χ2v) is 9.41. The molecule has 0 aliphatic carbocycles. The van der Waals surface area contributed by atoms with E-state index in [-0.39, 0.29) is 11.4 Å². The zero-order valence-electron chi connectivity index (χ0n) is 19.6. The lowest BCUT2D eigenvalue weighted by atomic mass is 10.0. The second kappa shape index (κ2) is 12.3. The summed E-state index contributed by atoms with van der Waals surface area (Å²) in [5.74, 6) is -0.137. The predicted octanol–water partition coefficient (Wildman–Crippen LogP) is 5.19. The summed E-state index contributed by atoms with van der Waals surface area (Å²) in [5, 5.41) is 3.66. The molecule has 34 heavy (non-hydrogen) atoms. The van der Waals surface area contributed by atoms with Crippen LogP contribution in [0.1, 0.15) is 33.8 Å². The number of benzene rings is 1. The number of nitrogens with one attached hydrogen (secondary N) is 1. The lowest BCUT2D eigenvalue weighted by molar-refractivity contribution is -0.104. The van der Waals surface area contributed by atoms with Crippen molar-refractivity contribution in [2.45, 2.75) is 31.8 Å². The van der Waals surface area contributed by atoms with Crippen molar-refractivity contribution in [3.8, 4) is 0 Å². The molecule has 1 N–H and O–H groups in total. The average Bonchev–Trinajstić information content (AvgIpc) is 3.23. The zero-order chi connectivity index (χ0) is 24.5. The molecule has 2 heterocycles. The number of hydrogen-bond donors (Lipinski definition) is 1. The molecular formula is C26H29ClN4O2S. The molecule has 8 heteroatoms. The van der Waals surface area contributed by atoms with Crippen molar-refractivity contribution in [1.82, 2.24) is 15.2 Å². The van der Waals surface area contributed by atoms with Crippen LogP contribution in [-0.2, 0) is 11.3 Å². The molecule has 1 unspecified atom stereocenters. The van der Waals surface area contributed by atoms with Gasteiger partial charge in [-0.2, -0.15) is 0 Å². The highest BCUT2D eigenvalue weighted by Gasteiger charge is 2.16. The minimum Gasteiger partial charge on any atom is -0.361 e. The van der Waals surface area contributed by atoms with Crippen LogP contribution in [-0.4, -0.2) is 41.7 Å². The summed E-state index contributed by atoms with van der Waals surface area (Å²) in [6.07, 6.45) is 13.6. The molecule has 1 amide bonds. The minimum atomic E-state index is -0.137. The van der Waals surface area contributed by atoms with Crippen molar-refractivity contribution in [1.29, 1.82) is 0 Å². The Labute approximate surface area is 209 Å². The summed E-state index contributed by atoms with van der Waals surface area (Å²) in [6.45, 7) is 2.30. The Morgan fingerprint density at radius 3 is 2.79 bits per heavy atom. The highest BCUT2D eigenvalue weighted by molar-refractivity contribution is 7.17. The first-order valence-electron chi connectivity index (χ1n) is 11.0. The molecule has 0 bridgehead atoms. The first-order valence-corrected chi connectivity index (χ1v) is 12.2. The van der Waals surface area contributed by atoms with E-state index in [1.165, 1.54) is 11.3 Å². The fourth-order valence-electron chi connectivity index (χ4n) is 3.33. The molecule has 1 atom stereocenters. The van der Waals surface area contributed by atoms with Gasteiger partial charge in [-0.1, -0.05) is 59.3 Å². The van der Waals surface area contributed by atoms with E-state index in [9.17, 15) is 9.59 Å². The van der Waals surface area contributed by atoms with Gasteiger partial charge in [0, 0.05) is 33.0 Å². The number of anilines is 1. The largest absolute Gasteiger partial charge is 0.361 e. The van der Waals surface area contributed by atoms with Gasteiger partial charge in [-0.05, 0) is 54.7 Å². The predicted molar refractivity (Wildman–Crippen MR) is 140 cm³/mol. The van der Waals surface area contributed by atoms with E-state index >= 15 is 0 Å². The number of thiazole rings is 1. The molecule has 178 valence electrons. The normalized spacial score (nSPS) is 16.0. The maximum atomic E-state index is 12.7. The Balaban J connectivity index is 1.60. The molecular weight excluding hydrogens is 468 g/mol.